The molecule has 2 N–H and O–H groups in total. The maximum atomic E-state index is 13.9. The number of amides is 1. The number of para-hydroxylation sites is 1. The second kappa shape index (κ2) is 12.9. The summed E-state index contributed by atoms with van der Waals surface area (Å²) in [6.07, 6.45) is 0. The molecule has 0 fully saturated rings. The number of carbonyl (C=O) groups excluding carboxylic acids is 1. The minimum absolute atomic E-state index is 0.0696. The van der Waals surface area contributed by atoms with Crippen molar-refractivity contribution >= 4 is 66.2 Å². The first-order valence-corrected chi connectivity index (χ1v) is 17.6. The third-order valence-corrected chi connectivity index (χ3v) is 11.4. The average Bonchev–Trinajstić information content (AvgIpc) is 3.25. The highest BCUT2D eigenvalue weighted by atomic mass is 35.5. The fourth-order valence-electron chi connectivity index (χ4n) is 4.86. The highest BCUT2D eigenvalue weighted by Gasteiger charge is 2.31. The summed E-state index contributed by atoms with van der Waals surface area (Å²) >= 11 is 12.2. The predicted octanol–water partition coefficient (Wildman–Crippen LogP) is 5.98. The Balaban J connectivity index is 1.44. The van der Waals surface area contributed by atoms with Crippen LogP contribution in [-0.2, 0) is 27.1 Å². The number of hydrogen-bond donors (Lipinski definition) is 2. The molecule has 1 heterocycles. The Morgan fingerprint density at radius 1 is 0.851 bits per heavy atom. The van der Waals surface area contributed by atoms with E-state index < -0.39 is 36.4 Å². The first-order valence-electron chi connectivity index (χ1n) is 13.9. The van der Waals surface area contributed by atoms with Gasteiger partial charge in [-0.2, -0.15) is 0 Å². The molecule has 1 aromatic heterocycles. The van der Waals surface area contributed by atoms with Gasteiger partial charge in [0.2, 0.25) is 0 Å². The molecule has 5 aromatic rings. The number of nitrogens with zero attached hydrogens (tertiary/aromatic N) is 3. The molecule has 4 aromatic carbocycles. The van der Waals surface area contributed by atoms with Crippen LogP contribution in [0.15, 0.2) is 106 Å². The van der Waals surface area contributed by atoms with E-state index in [1.54, 1.807) is 68.0 Å². The van der Waals surface area contributed by atoms with Crippen molar-refractivity contribution in [3.05, 3.63) is 128 Å². The zero-order valence-corrected chi connectivity index (χ0v) is 28.7. The molecule has 0 radical (unpaired) electrons. The number of anilines is 3. The van der Waals surface area contributed by atoms with E-state index in [1.165, 1.54) is 54.2 Å². The summed E-state index contributed by atoms with van der Waals surface area (Å²) in [5.41, 5.74) is 1.23. The molecule has 0 saturated heterocycles. The average molecular weight is 715 g/mol. The lowest BCUT2D eigenvalue weighted by Gasteiger charge is -2.19. The van der Waals surface area contributed by atoms with Crippen molar-refractivity contribution in [1.29, 1.82) is 0 Å². The monoisotopic (exact) mass is 713 g/mol. The second-order valence-corrected chi connectivity index (χ2v) is 15.0. The summed E-state index contributed by atoms with van der Waals surface area (Å²) in [7, 11) is -5.60. The highest BCUT2D eigenvalue weighted by Crippen LogP contribution is 2.30. The van der Waals surface area contributed by atoms with Crippen LogP contribution in [0.1, 0.15) is 21.6 Å². The first kappa shape index (κ1) is 33.8. The second-order valence-electron chi connectivity index (χ2n) is 10.6. The van der Waals surface area contributed by atoms with Gasteiger partial charge >= 0.3 is 0 Å². The van der Waals surface area contributed by atoms with Crippen molar-refractivity contribution < 1.29 is 21.6 Å². The van der Waals surface area contributed by atoms with Gasteiger partial charge in [0.05, 0.1) is 21.3 Å². The molecule has 11 nitrogen and oxygen atoms in total. The number of rotatable bonds is 9. The van der Waals surface area contributed by atoms with E-state index in [2.05, 4.69) is 10.0 Å². The molecule has 0 bridgehead atoms. The minimum atomic E-state index is -4.45. The lowest BCUT2D eigenvalue weighted by molar-refractivity contribution is 0.102. The quantitative estimate of drug-likeness (QED) is 0.193. The van der Waals surface area contributed by atoms with Crippen LogP contribution in [-0.4, -0.2) is 39.2 Å². The topological polar surface area (TPSA) is 140 Å². The number of halogens is 2. The Morgan fingerprint density at radius 3 is 2.17 bits per heavy atom. The number of hydrogen-bond acceptors (Lipinski definition) is 6. The van der Waals surface area contributed by atoms with Crippen molar-refractivity contribution in [1.82, 2.24) is 9.36 Å². The van der Waals surface area contributed by atoms with Gasteiger partial charge in [0.25, 0.3) is 31.5 Å². The molecule has 0 saturated carbocycles. The standard InChI is InChI=1S/C32H29Cl2N5O6S2/c1-20-10-16-26(46(42,43)36-24-14-12-23(33)13-15-24)19-28(20)35-31(40)22-11-17-27(34)29(18-22)47(44,45)38(4)30-21(2)37(3)39(32(30)41)25-8-6-5-7-9-25/h5-19,36H,1-4H3,(H,35,40). The Labute approximate surface area is 282 Å². The summed E-state index contributed by atoms with van der Waals surface area (Å²) in [5.74, 6) is -0.716. The molecular formula is C32H29Cl2N5O6S2. The van der Waals surface area contributed by atoms with Crippen LogP contribution in [0.2, 0.25) is 10.0 Å². The van der Waals surface area contributed by atoms with E-state index in [9.17, 15) is 26.4 Å². The molecular weight excluding hydrogens is 685 g/mol. The predicted molar refractivity (Wildman–Crippen MR) is 184 cm³/mol. The maximum absolute atomic E-state index is 13.9. The molecule has 47 heavy (non-hydrogen) atoms. The third kappa shape index (κ3) is 6.65. The van der Waals surface area contributed by atoms with Crippen LogP contribution in [0, 0.1) is 13.8 Å². The Morgan fingerprint density at radius 2 is 1.51 bits per heavy atom. The van der Waals surface area contributed by atoms with E-state index in [1.807, 2.05) is 0 Å². The van der Waals surface area contributed by atoms with Crippen molar-refractivity contribution in [2.75, 3.05) is 21.4 Å². The van der Waals surface area contributed by atoms with Crippen LogP contribution >= 0.6 is 23.2 Å². The van der Waals surface area contributed by atoms with Gasteiger partial charge < -0.3 is 5.32 Å². The fraction of sp³-hybridized carbons (Fsp3) is 0.125. The highest BCUT2D eigenvalue weighted by molar-refractivity contribution is 7.93. The zero-order chi connectivity index (χ0) is 34.3. The molecule has 0 spiro atoms. The number of carbonyl (C=O) groups is 1. The van der Waals surface area contributed by atoms with Crippen LogP contribution in [0.5, 0.6) is 0 Å². The number of sulfonamides is 2. The molecule has 5 rings (SSSR count). The van der Waals surface area contributed by atoms with Gasteiger partial charge in [-0.3, -0.25) is 23.3 Å². The van der Waals surface area contributed by atoms with Crippen LogP contribution in [0.25, 0.3) is 5.69 Å². The van der Waals surface area contributed by atoms with Gasteiger partial charge in [-0.25, -0.2) is 21.5 Å². The molecule has 0 atom stereocenters. The van der Waals surface area contributed by atoms with Crippen molar-refractivity contribution in [2.45, 2.75) is 23.6 Å². The molecule has 0 aliphatic rings. The Kier molecular flexibility index (Phi) is 9.29. The van der Waals surface area contributed by atoms with Crippen LogP contribution in [0.3, 0.4) is 0 Å². The Bertz CT molecular complexity index is 2290. The fourth-order valence-corrected chi connectivity index (χ4v) is 7.81. The van der Waals surface area contributed by atoms with E-state index in [-0.39, 0.29) is 26.9 Å². The molecule has 1 amide bonds. The number of aryl methyl sites for hydroxylation is 1. The summed E-state index contributed by atoms with van der Waals surface area (Å²) in [6.45, 7) is 3.30. The largest absolute Gasteiger partial charge is 0.322 e. The zero-order valence-electron chi connectivity index (χ0n) is 25.5. The lowest BCUT2D eigenvalue weighted by atomic mass is 10.1. The molecule has 15 heteroatoms. The van der Waals surface area contributed by atoms with Gasteiger partial charge in [0.1, 0.15) is 10.6 Å². The van der Waals surface area contributed by atoms with Gasteiger partial charge in [0, 0.05) is 36.1 Å². The summed E-state index contributed by atoms with van der Waals surface area (Å²) in [5, 5.41) is 2.94. The summed E-state index contributed by atoms with van der Waals surface area (Å²) < 4.78 is 60.1. The first-order chi connectivity index (χ1) is 22.1. The Hall–Kier alpha value is -4.56. The SMILES string of the molecule is Cc1ccc(S(=O)(=O)Nc2ccc(Cl)cc2)cc1NC(=O)c1ccc(Cl)c(S(=O)(=O)N(C)c2c(C)n(C)n(-c3ccccc3)c2=O)c1. The summed E-state index contributed by atoms with van der Waals surface area (Å²) in [4.78, 5) is 26.4. The normalized spacial score (nSPS) is 11.7. The maximum Gasteiger partial charge on any atom is 0.296 e. The van der Waals surface area contributed by atoms with Crippen molar-refractivity contribution in [3.63, 3.8) is 0 Å². The van der Waals surface area contributed by atoms with E-state index in [4.69, 9.17) is 23.2 Å². The number of aromatic nitrogens is 2. The van der Waals surface area contributed by atoms with E-state index in [0.29, 0.717) is 27.7 Å². The summed E-state index contributed by atoms with van der Waals surface area (Å²) in [6, 6.07) is 22.8. The third-order valence-electron chi connectivity index (χ3n) is 7.53. The number of nitrogens with one attached hydrogen (secondary N) is 2. The van der Waals surface area contributed by atoms with E-state index in [0.717, 1.165) is 10.4 Å². The number of benzene rings is 4. The van der Waals surface area contributed by atoms with Gasteiger partial charge in [-0.05, 0) is 86.1 Å². The molecule has 0 unspecified atom stereocenters. The van der Waals surface area contributed by atoms with Crippen molar-refractivity contribution in [3.8, 4) is 5.69 Å². The van der Waals surface area contributed by atoms with Crippen molar-refractivity contribution in [2.24, 2.45) is 7.05 Å². The molecule has 244 valence electrons. The van der Waals surface area contributed by atoms with Gasteiger partial charge in [0.15, 0.2) is 0 Å². The molecule has 0 aliphatic carbocycles. The molecule has 0 aliphatic heterocycles. The minimum Gasteiger partial charge on any atom is -0.322 e. The lowest BCUT2D eigenvalue weighted by Crippen LogP contribution is -2.32. The van der Waals surface area contributed by atoms with Gasteiger partial charge in [-0.1, -0.05) is 47.5 Å². The van der Waals surface area contributed by atoms with E-state index >= 15 is 0 Å². The van der Waals surface area contributed by atoms with Gasteiger partial charge in [-0.15, -0.1) is 0 Å². The van der Waals surface area contributed by atoms with Crippen LogP contribution in [0.4, 0.5) is 17.1 Å². The smallest absolute Gasteiger partial charge is 0.296 e. The van der Waals surface area contributed by atoms with Crippen LogP contribution < -0.4 is 19.9 Å².